The summed E-state index contributed by atoms with van der Waals surface area (Å²) in [7, 11) is 0. The molecule has 3 aromatic rings. The van der Waals surface area contributed by atoms with Gasteiger partial charge in [-0.2, -0.15) is 0 Å². The summed E-state index contributed by atoms with van der Waals surface area (Å²) in [5.74, 6) is -0.181. The number of carbonyl (C=O) groups is 2. The van der Waals surface area contributed by atoms with Crippen molar-refractivity contribution in [2.75, 3.05) is 6.61 Å². The first-order valence-corrected chi connectivity index (χ1v) is 13.0. The Labute approximate surface area is 218 Å². The van der Waals surface area contributed by atoms with E-state index in [1.165, 1.54) is 12.1 Å². The van der Waals surface area contributed by atoms with E-state index in [1.54, 1.807) is 17.0 Å². The summed E-state index contributed by atoms with van der Waals surface area (Å²) in [4.78, 5) is 28.9. The molecule has 0 spiro atoms. The number of hydrogen-bond acceptors (Lipinski definition) is 3. The molecule has 3 aromatic carbocycles. The zero-order valence-electron chi connectivity index (χ0n) is 21.6. The maximum Gasteiger partial charge on any atom is 0.261 e. The van der Waals surface area contributed by atoms with Crippen molar-refractivity contribution in [2.45, 2.75) is 64.6 Å². The van der Waals surface area contributed by atoms with Crippen LogP contribution in [-0.4, -0.2) is 35.4 Å². The Hall–Kier alpha value is -3.67. The number of carbonyl (C=O) groups excluding carboxylic acids is 2. The molecule has 0 radical (unpaired) electrons. The Kier molecular flexibility index (Phi) is 8.94. The van der Waals surface area contributed by atoms with Gasteiger partial charge in [0.05, 0.1) is 0 Å². The molecular formula is C31H35FN2O3. The van der Waals surface area contributed by atoms with Gasteiger partial charge in [-0.05, 0) is 61.6 Å². The van der Waals surface area contributed by atoms with E-state index < -0.39 is 6.04 Å². The predicted molar refractivity (Wildman–Crippen MR) is 143 cm³/mol. The molecule has 1 saturated carbocycles. The molecule has 4 rings (SSSR count). The number of ether oxygens (including phenoxy) is 1. The average molecular weight is 503 g/mol. The molecular weight excluding hydrogens is 467 g/mol. The van der Waals surface area contributed by atoms with E-state index in [4.69, 9.17) is 4.74 Å². The fourth-order valence-corrected chi connectivity index (χ4v) is 4.89. The van der Waals surface area contributed by atoms with Gasteiger partial charge in [-0.15, -0.1) is 0 Å². The minimum atomic E-state index is -0.733. The lowest BCUT2D eigenvalue weighted by molar-refractivity contribution is -0.143. The number of amides is 2. The van der Waals surface area contributed by atoms with E-state index in [2.05, 4.69) is 5.32 Å². The van der Waals surface area contributed by atoms with Crippen LogP contribution in [0.5, 0.6) is 5.75 Å². The van der Waals surface area contributed by atoms with Gasteiger partial charge < -0.3 is 15.0 Å². The lowest BCUT2D eigenvalue weighted by Crippen LogP contribution is -2.53. The third-order valence-electron chi connectivity index (χ3n) is 6.92. The molecule has 0 unspecified atom stereocenters. The van der Waals surface area contributed by atoms with Gasteiger partial charge in [0, 0.05) is 19.0 Å². The van der Waals surface area contributed by atoms with Crippen molar-refractivity contribution in [1.82, 2.24) is 10.2 Å². The topological polar surface area (TPSA) is 58.6 Å². The van der Waals surface area contributed by atoms with E-state index >= 15 is 0 Å². The van der Waals surface area contributed by atoms with Gasteiger partial charge >= 0.3 is 0 Å². The maximum absolute atomic E-state index is 13.7. The normalized spacial score (nSPS) is 14.2. The van der Waals surface area contributed by atoms with Crippen LogP contribution in [0.2, 0.25) is 0 Å². The Bertz CT molecular complexity index is 1190. The molecule has 1 fully saturated rings. The highest BCUT2D eigenvalue weighted by atomic mass is 19.1. The quantitative estimate of drug-likeness (QED) is 0.397. The third-order valence-corrected chi connectivity index (χ3v) is 6.92. The number of hydrogen-bond donors (Lipinski definition) is 1. The first kappa shape index (κ1) is 26.4. The second-order valence-electron chi connectivity index (χ2n) is 9.90. The molecule has 1 atom stereocenters. The van der Waals surface area contributed by atoms with Crippen molar-refractivity contribution in [2.24, 2.45) is 0 Å². The summed E-state index contributed by atoms with van der Waals surface area (Å²) < 4.78 is 19.5. The van der Waals surface area contributed by atoms with Crippen molar-refractivity contribution in [1.29, 1.82) is 0 Å². The molecule has 0 heterocycles. The summed E-state index contributed by atoms with van der Waals surface area (Å²) in [5, 5.41) is 3.18. The summed E-state index contributed by atoms with van der Waals surface area (Å²) >= 11 is 0. The second-order valence-corrected chi connectivity index (χ2v) is 9.90. The Morgan fingerprint density at radius 3 is 2.35 bits per heavy atom. The maximum atomic E-state index is 13.7. The minimum Gasteiger partial charge on any atom is -0.483 e. The van der Waals surface area contributed by atoms with Gasteiger partial charge in [-0.25, -0.2) is 4.39 Å². The van der Waals surface area contributed by atoms with Crippen LogP contribution in [0.3, 0.4) is 0 Å². The number of aryl methyl sites for hydroxylation is 2. The highest BCUT2D eigenvalue weighted by molar-refractivity contribution is 5.88. The number of nitrogens with one attached hydrogen (secondary N) is 1. The van der Waals surface area contributed by atoms with Crippen LogP contribution in [-0.2, 0) is 22.6 Å². The summed E-state index contributed by atoms with van der Waals surface area (Å²) in [6.45, 7) is 3.91. The number of benzene rings is 3. The molecule has 0 aliphatic heterocycles. The standard InChI is InChI=1S/C31H35FN2O3/c1-22-12-17-29(23(2)18-22)37-21-30(35)34(20-25-13-15-26(32)16-14-25)28(19-24-8-4-3-5-9-24)31(36)33-27-10-6-7-11-27/h3-5,8-9,12-18,27-28H,6-7,10-11,19-21H2,1-2H3,(H,33,36)/t28-/m1/s1. The van der Waals surface area contributed by atoms with Gasteiger partial charge in [0.2, 0.25) is 5.91 Å². The molecule has 0 saturated heterocycles. The molecule has 0 bridgehead atoms. The molecule has 6 heteroatoms. The van der Waals surface area contributed by atoms with Crippen molar-refractivity contribution in [3.63, 3.8) is 0 Å². The lowest BCUT2D eigenvalue weighted by atomic mass is 10.0. The third kappa shape index (κ3) is 7.42. The van der Waals surface area contributed by atoms with Crippen LogP contribution in [0.4, 0.5) is 4.39 Å². The summed E-state index contributed by atoms with van der Waals surface area (Å²) in [6, 6.07) is 20.9. The first-order chi connectivity index (χ1) is 17.9. The Morgan fingerprint density at radius 2 is 1.68 bits per heavy atom. The lowest BCUT2D eigenvalue weighted by Gasteiger charge is -2.32. The molecule has 1 aliphatic carbocycles. The van der Waals surface area contributed by atoms with Crippen LogP contribution < -0.4 is 10.1 Å². The van der Waals surface area contributed by atoms with Crippen LogP contribution >= 0.6 is 0 Å². The van der Waals surface area contributed by atoms with E-state index in [0.29, 0.717) is 12.2 Å². The Balaban J connectivity index is 1.61. The van der Waals surface area contributed by atoms with Crippen molar-refractivity contribution in [3.8, 4) is 5.75 Å². The molecule has 37 heavy (non-hydrogen) atoms. The molecule has 1 N–H and O–H groups in total. The number of nitrogens with zero attached hydrogens (tertiary/aromatic N) is 1. The smallest absolute Gasteiger partial charge is 0.261 e. The molecule has 1 aliphatic rings. The zero-order chi connectivity index (χ0) is 26.2. The van der Waals surface area contributed by atoms with E-state index in [-0.39, 0.29) is 36.8 Å². The highest BCUT2D eigenvalue weighted by Crippen LogP contribution is 2.22. The molecule has 194 valence electrons. The van der Waals surface area contributed by atoms with Gasteiger partial charge in [0.15, 0.2) is 6.61 Å². The second kappa shape index (κ2) is 12.5. The predicted octanol–water partition coefficient (Wildman–Crippen LogP) is 5.52. The molecule has 5 nitrogen and oxygen atoms in total. The highest BCUT2D eigenvalue weighted by Gasteiger charge is 2.32. The average Bonchev–Trinajstić information content (AvgIpc) is 3.40. The van der Waals surface area contributed by atoms with Crippen molar-refractivity contribution in [3.05, 3.63) is 101 Å². The molecule has 0 aromatic heterocycles. The van der Waals surface area contributed by atoms with Crippen molar-refractivity contribution < 1.29 is 18.7 Å². The largest absolute Gasteiger partial charge is 0.483 e. The van der Waals surface area contributed by atoms with Crippen LogP contribution in [0, 0.1) is 19.7 Å². The summed E-state index contributed by atoms with van der Waals surface area (Å²) in [5.41, 5.74) is 3.76. The van der Waals surface area contributed by atoms with E-state index in [1.807, 2.05) is 62.4 Å². The van der Waals surface area contributed by atoms with E-state index in [9.17, 15) is 14.0 Å². The fourth-order valence-electron chi connectivity index (χ4n) is 4.89. The van der Waals surface area contributed by atoms with E-state index in [0.717, 1.165) is 47.9 Å². The summed E-state index contributed by atoms with van der Waals surface area (Å²) in [6.07, 6.45) is 4.46. The van der Waals surface area contributed by atoms with Gasteiger partial charge in [-0.3, -0.25) is 9.59 Å². The minimum absolute atomic E-state index is 0.125. The number of halogens is 1. The van der Waals surface area contributed by atoms with Crippen LogP contribution in [0.1, 0.15) is 47.9 Å². The van der Waals surface area contributed by atoms with Crippen molar-refractivity contribution >= 4 is 11.8 Å². The fraction of sp³-hybridized carbons (Fsp3) is 0.355. The van der Waals surface area contributed by atoms with Crippen LogP contribution in [0.15, 0.2) is 72.8 Å². The Morgan fingerprint density at radius 1 is 0.973 bits per heavy atom. The van der Waals surface area contributed by atoms with Gasteiger partial charge in [0.25, 0.3) is 5.91 Å². The number of rotatable bonds is 10. The van der Waals surface area contributed by atoms with Crippen LogP contribution in [0.25, 0.3) is 0 Å². The van der Waals surface area contributed by atoms with Gasteiger partial charge in [0.1, 0.15) is 17.6 Å². The SMILES string of the molecule is Cc1ccc(OCC(=O)N(Cc2ccc(F)cc2)[C@H](Cc2ccccc2)C(=O)NC2CCCC2)c(C)c1. The monoisotopic (exact) mass is 502 g/mol. The molecule has 2 amide bonds. The van der Waals surface area contributed by atoms with Gasteiger partial charge in [-0.1, -0.05) is 73.0 Å². The zero-order valence-corrected chi connectivity index (χ0v) is 21.6. The first-order valence-electron chi connectivity index (χ1n) is 13.0.